The van der Waals surface area contributed by atoms with Gasteiger partial charge in [-0.3, -0.25) is 4.79 Å². The number of hydrogen-bond donors (Lipinski definition) is 2. The molecule has 0 aromatic heterocycles. The fourth-order valence-electron chi connectivity index (χ4n) is 1.93. The van der Waals surface area contributed by atoms with Crippen LogP contribution in [-0.4, -0.2) is 23.7 Å². The van der Waals surface area contributed by atoms with Crippen LogP contribution in [0.15, 0.2) is 0 Å². The highest BCUT2D eigenvalue weighted by Crippen LogP contribution is 2.27. The highest BCUT2D eigenvalue weighted by molar-refractivity contribution is 5.73. The molecule has 2 N–H and O–H groups in total. The number of carbonyl (C=O) groups excluding carboxylic acids is 1. The highest BCUT2D eigenvalue weighted by Gasteiger charge is 2.24. The second-order valence-corrected chi connectivity index (χ2v) is 3.53. The summed E-state index contributed by atoms with van der Waals surface area (Å²) in [5.74, 6) is 0.458. The quantitative estimate of drug-likeness (QED) is 0.656. The van der Waals surface area contributed by atoms with Gasteiger partial charge in [-0.15, -0.1) is 0 Å². The topological polar surface area (TPSA) is 49.3 Å². The molecule has 0 radical (unpaired) electrons. The van der Waals surface area contributed by atoms with Gasteiger partial charge in [0.2, 0.25) is 5.91 Å². The van der Waals surface area contributed by atoms with Crippen molar-refractivity contribution in [3.05, 3.63) is 0 Å². The molecule has 1 aliphatic carbocycles. The molecule has 0 spiro atoms. The van der Waals surface area contributed by atoms with E-state index in [1.54, 1.807) is 0 Å². The Bertz CT molecular complexity index is 153. The van der Waals surface area contributed by atoms with E-state index in [9.17, 15) is 4.79 Å². The molecule has 1 amide bonds. The van der Waals surface area contributed by atoms with Crippen LogP contribution >= 0.6 is 0 Å². The summed E-state index contributed by atoms with van der Waals surface area (Å²) in [5.41, 5.74) is 0. The van der Waals surface area contributed by atoms with Crippen LogP contribution in [-0.2, 0) is 4.79 Å². The van der Waals surface area contributed by atoms with Crippen LogP contribution in [0.4, 0.5) is 0 Å². The van der Waals surface area contributed by atoms with Gasteiger partial charge in [-0.25, -0.2) is 0 Å². The van der Waals surface area contributed by atoms with Gasteiger partial charge in [-0.05, 0) is 18.8 Å². The van der Waals surface area contributed by atoms with E-state index in [2.05, 4.69) is 5.32 Å². The largest absolute Gasteiger partial charge is 0.394 e. The zero-order chi connectivity index (χ0) is 8.97. The normalized spacial score (nSPS) is 20.8. The highest BCUT2D eigenvalue weighted by atomic mass is 16.3. The van der Waals surface area contributed by atoms with Crippen molar-refractivity contribution in [3.63, 3.8) is 0 Å². The lowest BCUT2D eigenvalue weighted by Gasteiger charge is -2.21. The van der Waals surface area contributed by atoms with Gasteiger partial charge in [0.15, 0.2) is 0 Å². The Morgan fingerprint density at radius 3 is 2.58 bits per heavy atom. The SMILES string of the molecule is CC(=O)NC(CO)C1CCCC1. The third-order valence-corrected chi connectivity index (χ3v) is 2.55. The molecular formula is C9H17NO2. The van der Waals surface area contributed by atoms with Crippen LogP contribution in [0, 0.1) is 5.92 Å². The monoisotopic (exact) mass is 171 g/mol. The van der Waals surface area contributed by atoms with Crippen LogP contribution in [0.25, 0.3) is 0 Å². The molecule has 1 rings (SSSR count). The van der Waals surface area contributed by atoms with Gasteiger partial charge in [0.05, 0.1) is 12.6 Å². The molecule has 0 aliphatic heterocycles. The molecule has 1 atom stereocenters. The number of amides is 1. The average molecular weight is 171 g/mol. The second-order valence-electron chi connectivity index (χ2n) is 3.53. The van der Waals surface area contributed by atoms with Crippen molar-refractivity contribution in [3.8, 4) is 0 Å². The molecule has 0 heterocycles. The number of aliphatic hydroxyl groups excluding tert-OH is 1. The Labute approximate surface area is 73.2 Å². The van der Waals surface area contributed by atoms with Crippen LogP contribution in [0.1, 0.15) is 32.6 Å². The summed E-state index contributed by atoms with van der Waals surface area (Å²) in [6.45, 7) is 1.57. The molecule has 12 heavy (non-hydrogen) atoms. The van der Waals surface area contributed by atoms with E-state index >= 15 is 0 Å². The molecule has 3 nitrogen and oxygen atoms in total. The van der Waals surface area contributed by atoms with Crippen molar-refractivity contribution in [2.24, 2.45) is 5.92 Å². The summed E-state index contributed by atoms with van der Waals surface area (Å²) in [7, 11) is 0. The van der Waals surface area contributed by atoms with Crippen molar-refractivity contribution >= 4 is 5.91 Å². The summed E-state index contributed by atoms with van der Waals surface area (Å²) in [6, 6.07) is -0.00926. The molecule has 0 aromatic rings. The van der Waals surface area contributed by atoms with Crippen molar-refractivity contribution in [2.45, 2.75) is 38.6 Å². The third kappa shape index (κ3) is 2.48. The average Bonchev–Trinajstić information content (AvgIpc) is 2.51. The Hall–Kier alpha value is -0.570. The van der Waals surface area contributed by atoms with Crippen LogP contribution in [0.2, 0.25) is 0 Å². The van der Waals surface area contributed by atoms with Crippen LogP contribution < -0.4 is 5.32 Å². The fourth-order valence-corrected chi connectivity index (χ4v) is 1.93. The molecule has 0 bridgehead atoms. The van der Waals surface area contributed by atoms with Gasteiger partial charge in [-0.1, -0.05) is 12.8 Å². The first-order valence-electron chi connectivity index (χ1n) is 4.62. The van der Waals surface area contributed by atoms with Gasteiger partial charge < -0.3 is 10.4 Å². The first-order chi connectivity index (χ1) is 5.74. The molecule has 1 saturated carbocycles. The Morgan fingerprint density at radius 1 is 1.58 bits per heavy atom. The number of nitrogens with one attached hydrogen (secondary N) is 1. The molecular weight excluding hydrogens is 154 g/mol. The van der Waals surface area contributed by atoms with E-state index in [-0.39, 0.29) is 18.6 Å². The maximum absolute atomic E-state index is 10.7. The molecule has 70 valence electrons. The van der Waals surface area contributed by atoms with E-state index < -0.39 is 0 Å². The predicted octanol–water partition coefficient (Wildman–Crippen LogP) is 0.674. The lowest BCUT2D eigenvalue weighted by molar-refractivity contribution is -0.120. The van der Waals surface area contributed by atoms with Crippen LogP contribution in [0.5, 0.6) is 0 Å². The van der Waals surface area contributed by atoms with Gasteiger partial charge in [0.25, 0.3) is 0 Å². The number of hydrogen-bond acceptors (Lipinski definition) is 2. The maximum Gasteiger partial charge on any atom is 0.217 e. The molecule has 0 aromatic carbocycles. The van der Waals surface area contributed by atoms with Crippen molar-refractivity contribution < 1.29 is 9.90 Å². The van der Waals surface area contributed by atoms with E-state index in [1.807, 2.05) is 0 Å². The Morgan fingerprint density at radius 2 is 2.17 bits per heavy atom. The van der Waals surface area contributed by atoms with E-state index in [0.29, 0.717) is 5.92 Å². The lowest BCUT2D eigenvalue weighted by Crippen LogP contribution is -2.40. The second kappa shape index (κ2) is 4.45. The molecule has 0 saturated heterocycles. The zero-order valence-corrected chi connectivity index (χ0v) is 7.55. The molecule has 1 unspecified atom stereocenters. The lowest BCUT2D eigenvalue weighted by atomic mass is 9.99. The van der Waals surface area contributed by atoms with Crippen LogP contribution in [0.3, 0.4) is 0 Å². The first kappa shape index (κ1) is 9.52. The van der Waals surface area contributed by atoms with Crippen molar-refractivity contribution in [1.82, 2.24) is 5.32 Å². The summed E-state index contributed by atoms with van der Waals surface area (Å²) in [5, 5.41) is 11.8. The summed E-state index contributed by atoms with van der Waals surface area (Å²) in [6.07, 6.45) is 4.76. The summed E-state index contributed by atoms with van der Waals surface area (Å²) in [4.78, 5) is 10.7. The van der Waals surface area contributed by atoms with Crippen molar-refractivity contribution in [2.75, 3.05) is 6.61 Å². The third-order valence-electron chi connectivity index (χ3n) is 2.55. The van der Waals surface area contributed by atoms with Gasteiger partial charge >= 0.3 is 0 Å². The predicted molar refractivity (Wildman–Crippen MR) is 46.6 cm³/mol. The number of carbonyl (C=O) groups is 1. The minimum Gasteiger partial charge on any atom is -0.394 e. The number of aliphatic hydroxyl groups is 1. The van der Waals surface area contributed by atoms with E-state index in [4.69, 9.17) is 5.11 Å². The number of rotatable bonds is 3. The molecule has 3 heteroatoms. The Balaban J connectivity index is 2.37. The molecule has 1 aliphatic rings. The zero-order valence-electron chi connectivity index (χ0n) is 7.55. The minimum atomic E-state index is -0.0408. The van der Waals surface area contributed by atoms with Gasteiger partial charge in [-0.2, -0.15) is 0 Å². The van der Waals surface area contributed by atoms with E-state index in [1.165, 1.54) is 19.8 Å². The smallest absolute Gasteiger partial charge is 0.217 e. The van der Waals surface area contributed by atoms with Gasteiger partial charge in [0, 0.05) is 6.92 Å². The summed E-state index contributed by atoms with van der Waals surface area (Å²) >= 11 is 0. The first-order valence-corrected chi connectivity index (χ1v) is 4.62. The minimum absolute atomic E-state index is 0.00926. The van der Waals surface area contributed by atoms with Gasteiger partial charge in [0.1, 0.15) is 0 Å². The standard InChI is InChI=1S/C9H17NO2/c1-7(12)10-9(6-11)8-4-2-3-5-8/h8-9,11H,2-6H2,1H3,(H,10,12). The Kier molecular flexibility index (Phi) is 3.53. The summed E-state index contributed by atoms with van der Waals surface area (Å²) < 4.78 is 0. The van der Waals surface area contributed by atoms with Crippen molar-refractivity contribution in [1.29, 1.82) is 0 Å². The van der Waals surface area contributed by atoms with E-state index in [0.717, 1.165) is 12.8 Å². The molecule has 1 fully saturated rings. The maximum atomic E-state index is 10.7. The fraction of sp³-hybridized carbons (Fsp3) is 0.889.